The second kappa shape index (κ2) is 0.778. The first kappa shape index (κ1) is 3.92. The minimum Gasteiger partial charge on any atom is -0.0591 e. The highest BCUT2D eigenvalue weighted by atomic mass is 14.8. The molecule has 3 rings (SSSR count). The zero-order valence-corrected chi connectivity index (χ0v) is 5.35. The lowest BCUT2D eigenvalue weighted by atomic mass is 9.54. The second-order valence-electron chi connectivity index (χ2n) is 4.16. The van der Waals surface area contributed by atoms with Crippen LogP contribution in [0, 0.1) is 23.2 Å². The van der Waals surface area contributed by atoms with Crippen LogP contribution in [0.1, 0.15) is 26.2 Å². The van der Waals surface area contributed by atoms with Gasteiger partial charge in [-0.1, -0.05) is 6.92 Å². The average Bonchev–Trinajstić information content (AvgIpc) is 2.09. The highest BCUT2D eigenvalue weighted by molar-refractivity contribution is 5.21. The fraction of sp³-hybridized carbons (Fsp3) is 1.00. The van der Waals surface area contributed by atoms with Gasteiger partial charge in [-0.3, -0.25) is 0 Å². The average molecular weight is 108 g/mol. The summed E-state index contributed by atoms with van der Waals surface area (Å²) in [5.41, 5.74) is 0.906. The summed E-state index contributed by atoms with van der Waals surface area (Å²) in [6.07, 6.45) is 4.73. The molecule has 0 spiro atoms. The molecule has 0 radical (unpaired) electrons. The van der Waals surface area contributed by atoms with Crippen molar-refractivity contribution in [2.75, 3.05) is 0 Å². The minimum absolute atomic E-state index is 0.906. The lowest BCUT2D eigenvalue weighted by molar-refractivity contribution is -0.0242. The van der Waals surface area contributed by atoms with Crippen molar-refractivity contribution in [3.63, 3.8) is 0 Å². The van der Waals surface area contributed by atoms with E-state index in [1.807, 2.05) is 0 Å². The van der Waals surface area contributed by atoms with Crippen LogP contribution in [0.2, 0.25) is 0 Å². The molecule has 0 aliphatic heterocycles. The van der Waals surface area contributed by atoms with Crippen LogP contribution < -0.4 is 0 Å². The highest BCUT2D eigenvalue weighted by Gasteiger charge is 2.73. The van der Waals surface area contributed by atoms with E-state index in [1.165, 1.54) is 17.8 Å². The van der Waals surface area contributed by atoms with Gasteiger partial charge < -0.3 is 0 Å². The van der Waals surface area contributed by atoms with Gasteiger partial charge >= 0.3 is 0 Å². The predicted molar refractivity (Wildman–Crippen MR) is 32.4 cm³/mol. The zero-order valence-electron chi connectivity index (χ0n) is 5.35. The Balaban J connectivity index is 1.98. The molecule has 0 aromatic heterocycles. The summed E-state index contributed by atoms with van der Waals surface area (Å²) in [6, 6.07) is 0. The monoisotopic (exact) mass is 108 g/mol. The third-order valence-corrected chi connectivity index (χ3v) is 4.04. The Kier molecular flexibility index (Phi) is 0.381. The first-order valence-corrected chi connectivity index (χ1v) is 3.82. The van der Waals surface area contributed by atoms with E-state index >= 15 is 0 Å². The van der Waals surface area contributed by atoms with Crippen molar-refractivity contribution in [2.45, 2.75) is 26.2 Å². The summed E-state index contributed by atoms with van der Waals surface area (Å²) in [4.78, 5) is 0. The van der Waals surface area contributed by atoms with E-state index in [1.54, 1.807) is 19.3 Å². The second-order valence-corrected chi connectivity index (χ2v) is 4.16. The van der Waals surface area contributed by atoms with Gasteiger partial charge in [0.05, 0.1) is 0 Å². The molecule has 3 saturated carbocycles. The van der Waals surface area contributed by atoms with Gasteiger partial charge in [0.25, 0.3) is 0 Å². The first-order chi connectivity index (χ1) is 3.82. The molecule has 0 amide bonds. The van der Waals surface area contributed by atoms with E-state index in [2.05, 4.69) is 6.92 Å². The standard InChI is InChI=1S/C8H12/c1-8-4-7(8)5-2-3-6(5)8/h5-7H,2-4H2,1H3. The van der Waals surface area contributed by atoms with Gasteiger partial charge in [0.1, 0.15) is 0 Å². The molecule has 0 N–H and O–H groups in total. The maximum Gasteiger partial charge on any atom is -0.0261 e. The van der Waals surface area contributed by atoms with Crippen LogP contribution >= 0.6 is 0 Å². The molecule has 0 aromatic rings. The molecule has 0 aromatic carbocycles. The highest BCUT2D eigenvalue weighted by Crippen LogP contribution is 2.80. The van der Waals surface area contributed by atoms with Crippen LogP contribution in [0.15, 0.2) is 0 Å². The van der Waals surface area contributed by atoms with Crippen LogP contribution in [0.25, 0.3) is 0 Å². The molecular weight excluding hydrogens is 96.1 g/mol. The Morgan fingerprint density at radius 1 is 1.25 bits per heavy atom. The van der Waals surface area contributed by atoms with Crippen molar-refractivity contribution >= 4 is 0 Å². The smallest absolute Gasteiger partial charge is 0.0261 e. The van der Waals surface area contributed by atoms with Crippen molar-refractivity contribution in [3.8, 4) is 0 Å². The van der Waals surface area contributed by atoms with Crippen LogP contribution in [-0.4, -0.2) is 0 Å². The molecule has 0 heterocycles. The van der Waals surface area contributed by atoms with Gasteiger partial charge in [0.15, 0.2) is 0 Å². The van der Waals surface area contributed by atoms with Gasteiger partial charge in [-0.05, 0) is 42.4 Å². The lowest BCUT2D eigenvalue weighted by Crippen LogP contribution is -2.44. The molecule has 4 unspecified atom stereocenters. The number of fused-ring (bicyclic) bond motifs is 4. The van der Waals surface area contributed by atoms with E-state index < -0.39 is 0 Å². The van der Waals surface area contributed by atoms with Crippen molar-refractivity contribution in [1.29, 1.82) is 0 Å². The van der Waals surface area contributed by atoms with Crippen molar-refractivity contribution < 1.29 is 0 Å². The van der Waals surface area contributed by atoms with Crippen molar-refractivity contribution in [3.05, 3.63) is 0 Å². The Hall–Kier alpha value is 0. The summed E-state index contributed by atoms with van der Waals surface area (Å²) in [7, 11) is 0. The molecule has 3 fully saturated rings. The molecular formula is C8H12. The van der Waals surface area contributed by atoms with Crippen LogP contribution in [-0.2, 0) is 0 Å². The Bertz CT molecular complexity index is 150. The topological polar surface area (TPSA) is 0 Å². The third kappa shape index (κ3) is 0.191. The van der Waals surface area contributed by atoms with E-state index in [0.29, 0.717) is 0 Å². The van der Waals surface area contributed by atoms with Gasteiger partial charge in [-0.25, -0.2) is 0 Å². The maximum absolute atomic E-state index is 2.48. The fourth-order valence-corrected chi connectivity index (χ4v) is 3.19. The van der Waals surface area contributed by atoms with Gasteiger partial charge in [-0.15, -0.1) is 0 Å². The van der Waals surface area contributed by atoms with Gasteiger partial charge in [-0.2, -0.15) is 0 Å². The molecule has 0 nitrogen and oxygen atoms in total. The fourth-order valence-electron chi connectivity index (χ4n) is 3.19. The normalized spacial score (nSPS) is 73.9. The Labute approximate surface area is 50.3 Å². The number of hydrogen-bond donors (Lipinski definition) is 0. The van der Waals surface area contributed by atoms with Crippen LogP contribution in [0.5, 0.6) is 0 Å². The molecule has 0 saturated heterocycles. The van der Waals surface area contributed by atoms with E-state index in [4.69, 9.17) is 0 Å². The summed E-state index contributed by atoms with van der Waals surface area (Å²) in [5.74, 6) is 3.63. The van der Waals surface area contributed by atoms with E-state index in [9.17, 15) is 0 Å². The molecule has 3 aliphatic carbocycles. The SMILES string of the molecule is CC12CC1C1CCC12. The predicted octanol–water partition coefficient (Wildman–Crippen LogP) is 2.05. The lowest BCUT2D eigenvalue weighted by Gasteiger charge is -2.51. The largest absolute Gasteiger partial charge is 0.0591 e. The van der Waals surface area contributed by atoms with E-state index in [-0.39, 0.29) is 0 Å². The number of rotatable bonds is 0. The first-order valence-electron chi connectivity index (χ1n) is 3.82. The summed E-state index contributed by atoms with van der Waals surface area (Å²) >= 11 is 0. The van der Waals surface area contributed by atoms with Crippen molar-refractivity contribution in [1.82, 2.24) is 0 Å². The maximum atomic E-state index is 2.48. The molecule has 8 heavy (non-hydrogen) atoms. The van der Waals surface area contributed by atoms with Crippen LogP contribution in [0.3, 0.4) is 0 Å². The third-order valence-electron chi connectivity index (χ3n) is 4.04. The van der Waals surface area contributed by atoms with Crippen LogP contribution in [0.4, 0.5) is 0 Å². The summed E-state index contributed by atoms with van der Waals surface area (Å²) in [6.45, 7) is 2.48. The summed E-state index contributed by atoms with van der Waals surface area (Å²) in [5, 5.41) is 0. The quantitative estimate of drug-likeness (QED) is 0.445. The zero-order chi connectivity index (χ0) is 5.35. The molecule has 0 heteroatoms. The number of hydrogen-bond acceptors (Lipinski definition) is 0. The Morgan fingerprint density at radius 2 is 2.12 bits per heavy atom. The molecule has 44 valence electrons. The minimum atomic E-state index is 0.906. The molecule has 3 aliphatic rings. The van der Waals surface area contributed by atoms with Crippen molar-refractivity contribution in [2.24, 2.45) is 23.2 Å². The van der Waals surface area contributed by atoms with Gasteiger partial charge in [0, 0.05) is 0 Å². The van der Waals surface area contributed by atoms with E-state index in [0.717, 1.165) is 5.41 Å². The molecule has 4 atom stereocenters. The molecule has 0 bridgehead atoms. The Morgan fingerprint density at radius 3 is 2.38 bits per heavy atom. The summed E-state index contributed by atoms with van der Waals surface area (Å²) < 4.78 is 0. The van der Waals surface area contributed by atoms with Gasteiger partial charge in [0.2, 0.25) is 0 Å².